The summed E-state index contributed by atoms with van der Waals surface area (Å²) in [7, 11) is 0. The number of anilines is 2. The number of hydrogen-bond acceptors (Lipinski definition) is 4. The Bertz CT molecular complexity index is 318. The number of nitrogens with zero attached hydrogens (tertiary/aromatic N) is 2. The number of hydrogen-bond donors (Lipinski definition) is 2. The molecule has 1 aromatic heterocycles. The molecule has 82 valence electrons. The Kier molecular flexibility index (Phi) is 3.04. The normalized spacial score (nSPS) is 26.2. The van der Waals surface area contributed by atoms with Crippen molar-refractivity contribution < 1.29 is 0 Å². The van der Waals surface area contributed by atoms with Gasteiger partial charge in [0.1, 0.15) is 5.82 Å². The van der Waals surface area contributed by atoms with Gasteiger partial charge in [0, 0.05) is 12.2 Å². The molecule has 1 aromatic rings. The second-order valence-corrected chi connectivity index (χ2v) is 4.40. The maximum Gasteiger partial charge on any atom is 0.221 e. The Hall–Kier alpha value is -1.32. The maximum atomic E-state index is 5.52. The highest BCUT2D eigenvalue weighted by Gasteiger charge is 2.18. The molecule has 0 aromatic carbocycles. The van der Waals surface area contributed by atoms with Gasteiger partial charge in [0.15, 0.2) is 0 Å². The molecule has 0 bridgehead atoms. The minimum atomic E-state index is 0.337. The third-order valence-corrected chi connectivity index (χ3v) is 3.04. The van der Waals surface area contributed by atoms with E-state index in [1.807, 2.05) is 6.07 Å². The molecule has 3 N–H and O–H groups in total. The Labute approximate surface area is 90.3 Å². The standard InChI is InChI=1S/C11H18N4/c1-8-2-4-9(5-3-8)14-10-6-7-13-11(12)15-10/h6-9H,2-5H2,1H3,(H3,12,13,14,15)/t8-,9-. The van der Waals surface area contributed by atoms with Gasteiger partial charge >= 0.3 is 0 Å². The Morgan fingerprint density at radius 1 is 1.33 bits per heavy atom. The molecule has 1 aliphatic rings. The third kappa shape index (κ3) is 2.81. The summed E-state index contributed by atoms with van der Waals surface area (Å²) in [6, 6.07) is 2.42. The number of nitrogens with two attached hydrogens (primary N) is 1. The van der Waals surface area contributed by atoms with E-state index in [9.17, 15) is 0 Å². The molecule has 0 aliphatic heterocycles. The van der Waals surface area contributed by atoms with Crippen LogP contribution in [0.5, 0.6) is 0 Å². The number of nitrogens with one attached hydrogen (secondary N) is 1. The summed E-state index contributed by atoms with van der Waals surface area (Å²) < 4.78 is 0. The molecule has 0 spiro atoms. The molecule has 0 saturated heterocycles. The maximum absolute atomic E-state index is 5.52. The van der Waals surface area contributed by atoms with Gasteiger partial charge in [-0.05, 0) is 37.7 Å². The monoisotopic (exact) mass is 206 g/mol. The largest absolute Gasteiger partial charge is 0.368 e. The van der Waals surface area contributed by atoms with Gasteiger partial charge in [0.25, 0.3) is 0 Å². The van der Waals surface area contributed by atoms with Crippen LogP contribution in [-0.2, 0) is 0 Å². The molecule has 1 heterocycles. The summed E-state index contributed by atoms with van der Waals surface area (Å²) in [6.07, 6.45) is 6.75. The van der Waals surface area contributed by atoms with Gasteiger partial charge in [-0.2, -0.15) is 4.98 Å². The van der Waals surface area contributed by atoms with Gasteiger partial charge in [0.2, 0.25) is 5.95 Å². The molecule has 2 rings (SSSR count). The fraction of sp³-hybridized carbons (Fsp3) is 0.636. The van der Waals surface area contributed by atoms with E-state index in [1.54, 1.807) is 6.20 Å². The van der Waals surface area contributed by atoms with Crippen LogP contribution in [0.3, 0.4) is 0 Å². The van der Waals surface area contributed by atoms with E-state index < -0.39 is 0 Å². The molecular weight excluding hydrogens is 188 g/mol. The van der Waals surface area contributed by atoms with Crippen molar-refractivity contribution in [2.45, 2.75) is 38.6 Å². The van der Waals surface area contributed by atoms with E-state index in [2.05, 4.69) is 22.2 Å². The Morgan fingerprint density at radius 3 is 2.73 bits per heavy atom. The molecule has 1 saturated carbocycles. The lowest BCUT2D eigenvalue weighted by atomic mass is 9.87. The van der Waals surface area contributed by atoms with E-state index >= 15 is 0 Å². The van der Waals surface area contributed by atoms with Crippen LogP contribution in [0.15, 0.2) is 12.3 Å². The minimum absolute atomic E-state index is 0.337. The van der Waals surface area contributed by atoms with Crippen molar-refractivity contribution >= 4 is 11.8 Å². The SMILES string of the molecule is C[C@H]1CC[C@H](Nc2ccnc(N)n2)CC1. The van der Waals surface area contributed by atoms with Crippen LogP contribution in [0.1, 0.15) is 32.6 Å². The van der Waals surface area contributed by atoms with Gasteiger partial charge in [-0.25, -0.2) is 4.98 Å². The summed E-state index contributed by atoms with van der Waals surface area (Å²) in [5, 5.41) is 3.41. The lowest BCUT2D eigenvalue weighted by Crippen LogP contribution is -2.25. The highest BCUT2D eigenvalue weighted by Crippen LogP contribution is 2.25. The average molecular weight is 206 g/mol. The molecule has 1 fully saturated rings. The van der Waals surface area contributed by atoms with Gasteiger partial charge in [-0.15, -0.1) is 0 Å². The van der Waals surface area contributed by atoms with Crippen molar-refractivity contribution in [2.24, 2.45) is 5.92 Å². The molecule has 0 amide bonds. The lowest BCUT2D eigenvalue weighted by Gasteiger charge is -2.27. The highest BCUT2D eigenvalue weighted by atomic mass is 15.1. The van der Waals surface area contributed by atoms with Crippen LogP contribution in [0.25, 0.3) is 0 Å². The van der Waals surface area contributed by atoms with Crippen molar-refractivity contribution in [2.75, 3.05) is 11.1 Å². The molecular formula is C11H18N4. The predicted octanol–water partition coefficient (Wildman–Crippen LogP) is 2.05. The fourth-order valence-corrected chi connectivity index (χ4v) is 2.07. The second-order valence-electron chi connectivity index (χ2n) is 4.40. The van der Waals surface area contributed by atoms with Gasteiger partial charge < -0.3 is 11.1 Å². The van der Waals surface area contributed by atoms with Crippen molar-refractivity contribution in [3.05, 3.63) is 12.3 Å². The van der Waals surface area contributed by atoms with Crippen molar-refractivity contribution in [1.29, 1.82) is 0 Å². The zero-order valence-electron chi connectivity index (χ0n) is 9.11. The van der Waals surface area contributed by atoms with Gasteiger partial charge in [0.05, 0.1) is 0 Å². The molecule has 0 radical (unpaired) electrons. The van der Waals surface area contributed by atoms with E-state index in [0.717, 1.165) is 11.7 Å². The molecule has 15 heavy (non-hydrogen) atoms. The van der Waals surface area contributed by atoms with Crippen molar-refractivity contribution in [3.63, 3.8) is 0 Å². The van der Waals surface area contributed by atoms with Gasteiger partial charge in [-0.1, -0.05) is 6.92 Å². The first-order valence-electron chi connectivity index (χ1n) is 5.59. The first-order chi connectivity index (χ1) is 7.24. The number of nitrogen functional groups attached to an aromatic ring is 1. The summed E-state index contributed by atoms with van der Waals surface area (Å²) in [6.45, 7) is 2.32. The van der Waals surface area contributed by atoms with Crippen LogP contribution >= 0.6 is 0 Å². The smallest absolute Gasteiger partial charge is 0.221 e. The molecule has 0 unspecified atom stereocenters. The first kappa shape index (κ1) is 10.2. The number of rotatable bonds is 2. The highest BCUT2D eigenvalue weighted by molar-refractivity contribution is 5.38. The second kappa shape index (κ2) is 4.47. The van der Waals surface area contributed by atoms with Gasteiger partial charge in [-0.3, -0.25) is 0 Å². The van der Waals surface area contributed by atoms with E-state index in [0.29, 0.717) is 12.0 Å². The molecule has 4 nitrogen and oxygen atoms in total. The van der Waals surface area contributed by atoms with E-state index in [-0.39, 0.29) is 0 Å². The van der Waals surface area contributed by atoms with E-state index in [1.165, 1.54) is 25.7 Å². The van der Waals surface area contributed by atoms with Crippen LogP contribution in [0, 0.1) is 5.92 Å². The topological polar surface area (TPSA) is 63.8 Å². The average Bonchev–Trinajstić information content (AvgIpc) is 2.22. The van der Waals surface area contributed by atoms with Crippen molar-refractivity contribution in [3.8, 4) is 0 Å². The van der Waals surface area contributed by atoms with Crippen LogP contribution < -0.4 is 11.1 Å². The lowest BCUT2D eigenvalue weighted by molar-refractivity contribution is 0.361. The number of aromatic nitrogens is 2. The van der Waals surface area contributed by atoms with Crippen LogP contribution in [0.2, 0.25) is 0 Å². The summed E-state index contributed by atoms with van der Waals surface area (Å²) in [4.78, 5) is 8.01. The molecule has 1 aliphatic carbocycles. The molecule has 0 atom stereocenters. The zero-order chi connectivity index (χ0) is 10.7. The molecule has 4 heteroatoms. The predicted molar refractivity (Wildman–Crippen MR) is 61.5 cm³/mol. The van der Waals surface area contributed by atoms with E-state index in [4.69, 9.17) is 5.73 Å². The van der Waals surface area contributed by atoms with Crippen LogP contribution in [-0.4, -0.2) is 16.0 Å². The Balaban J connectivity index is 1.92. The zero-order valence-corrected chi connectivity index (χ0v) is 9.11. The summed E-state index contributed by atoms with van der Waals surface area (Å²) in [5.74, 6) is 2.06. The van der Waals surface area contributed by atoms with Crippen LogP contribution in [0.4, 0.5) is 11.8 Å². The van der Waals surface area contributed by atoms with Crippen molar-refractivity contribution in [1.82, 2.24) is 9.97 Å². The quantitative estimate of drug-likeness (QED) is 0.777. The summed E-state index contributed by atoms with van der Waals surface area (Å²) >= 11 is 0. The third-order valence-electron chi connectivity index (χ3n) is 3.04. The fourth-order valence-electron chi connectivity index (χ4n) is 2.07. The minimum Gasteiger partial charge on any atom is -0.368 e. The summed E-state index contributed by atoms with van der Waals surface area (Å²) in [5.41, 5.74) is 5.52. The Morgan fingerprint density at radius 2 is 2.07 bits per heavy atom. The first-order valence-corrected chi connectivity index (χ1v) is 5.59.